The molecule has 0 unspecified atom stereocenters. The van der Waals surface area contributed by atoms with E-state index >= 15 is 0 Å². The monoisotopic (exact) mass is 92.0 g/mol. The van der Waals surface area contributed by atoms with E-state index in [-0.39, 0.29) is 6.10 Å². The van der Waals surface area contributed by atoms with Crippen molar-refractivity contribution < 1.29 is 5.11 Å². The Morgan fingerprint density at radius 1 is 2.00 bits per heavy atom. The maximum Gasteiger partial charge on any atom is 0.0599 e. The lowest BCUT2D eigenvalue weighted by Crippen LogP contribution is -1.98. The van der Waals surface area contributed by atoms with Crippen molar-refractivity contribution in [1.82, 2.24) is 0 Å². The van der Waals surface area contributed by atoms with E-state index in [1.165, 1.54) is 0 Å². The van der Waals surface area contributed by atoms with Crippen molar-refractivity contribution in [2.75, 3.05) is 5.75 Å². The molecule has 0 fully saturated rings. The van der Waals surface area contributed by atoms with Crippen LogP contribution in [0.3, 0.4) is 0 Å². The summed E-state index contributed by atoms with van der Waals surface area (Å²) in [6, 6.07) is 0. The zero-order valence-corrected chi connectivity index (χ0v) is 4.07. The molecule has 0 aromatic rings. The van der Waals surface area contributed by atoms with Crippen molar-refractivity contribution in [2.45, 2.75) is 13.0 Å². The van der Waals surface area contributed by atoms with Gasteiger partial charge in [0.25, 0.3) is 0 Å². The van der Waals surface area contributed by atoms with Crippen molar-refractivity contribution in [3.8, 4) is 0 Å². The molecule has 0 aliphatic carbocycles. The molecular formula is C3H8OS. The molecule has 0 saturated carbocycles. The molecule has 0 aromatic carbocycles. The molecule has 1 atom stereocenters. The molecule has 1 N–H and O–H groups in total. The molecule has 5 heavy (non-hydrogen) atoms. The van der Waals surface area contributed by atoms with E-state index in [9.17, 15) is 0 Å². The van der Waals surface area contributed by atoms with E-state index < -0.39 is 0 Å². The topological polar surface area (TPSA) is 20.2 Å². The van der Waals surface area contributed by atoms with Gasteiger partial charge in [0.05, 0.1) is 6.10 Å². The van der Waals surface area contributed by atoms with E-state index in [0.717, 1.165) is 0 Å². The summed E-state index contributed by atoms with van der Waals surface area (Å²) in [6.07, 6.45) is -0.252. The Morgan fingerprint density at radius 2 is 2.20 bits per heavy atom. The third kappa shape index (κ3) is 4.31. The van der Waals surface area contributed by atoms with Gasteiger partial charge in [0.1, 0.15) is 0 Å². The second kappa shape index (κ2) is 2.54. The second-order valence-electron chi connectivity index (χ2n) is 1.03. The normalized spacial score (nSPS) is 15.0. The summed E-state index contributed by atoms with van der Waals surface area (Å²) in [5.74, 6) is 0.556. The molecule has 0 aliphatic heterocycles. The Morgan fingerprint density at radius 3 is 2.20 bits per heavy atom. The number of thiol groups is 1. The minimum atomic E-state index is -0.252. The third-order valence-electron chi connectivity index (χ3n) is 0.264. The van der Waals surface area contributed by atoms with Crippen molar-refractivity contribution in [3.05, 3.63) is 0 Å². The number of hydrogen-bond donors (Lipinski definition) is 2. The van der Waals surface area contributed by atoms with Crippen molar-refractivity contribution in [2.24, 2.45) is 0 Å². The quantitative estimate of drug-likeness (QED) is 0.446. The minimum absolute atomic E-state index is 0.252. The summed E-state index contributed by atoms with van der Waals surface area (Å²) >= 11 is 3.77. The fraction of sp³-hybridized carbons (Fsp3) is 1.00. The van der Waals surface area contributed by atoms with E-state index in [1.807, 2.05) is 0 Å². The zero-order valence-electron chi connectivity index (χ0n) is 3.18. The SMILES string of the molecule is C[C@@H](O)CS. The van der Waals surface area contributed by atoms with Crippen molar-refractivity contribution >= 4 is 12.6 Å². The lowest BCUT2D eigenvalue weighted by Gasteiger charge is -1.89. The van der Waals surface area contributed by atoms with Gasteiger partial charge in [-0.1, -0.05) is 0 Å². The molecule has 0 spiro atoms. The minimum Gasteiger partial charge on any atom is -0.393 e. The molecule has 0 aromatic heterocycles. The Bertz CT molecular complexity index is 20.9. The van der Waals surface area contributed by atoms with E-state index in [1.54, 1.807) is 6.92 Å². The highest BCUT2D eigenvalue weighted by Crippen LogP contribution is 1.79. The standard InChI is InChI=1S/C3H8OS/c1-3(4)2-5/h3-5H,2H2,1H3/t3-/m1/s1. The first kappa shape index (κ1) is 5.31. The first-order valence-corrected chi connectivity index (χ1v) is 2.19. The van der Waals surface area contributed by atoms with E-state index in [4.69, 9.17) is 5.11 Å². The largest absolute Gasteiger partial charge is 0.393 e. The van der Waals surface area contributed by atoms with Gasteiger partial charge in [-0.25, -0.2) is 0 Å². The fourth-order valence-corrected chi connectivity index (χ4v) is 0. The van der Waals surface area contributed by atoms with Crippen LogP contribution in [0.15, 0.2) is 0 Å². The molecule has 2 heteroatoms. The highest BCUT2D eigenvalue weighted by atomic mass is 32.1. The Kier molecular flexibility index (Phi) is 2.70. The smallest absolute Gasteiger partial charge is 0.0599 e. The molecule has 0 amide bonds. The molecular weight excluding hydrogens is 84.1 g/mol. The Labute approximate surface area is 37.4 Å². The van der Waals surface area contributed by atoms with Crippen LogP contribution >= 0.6 is 12.6 Å². The van der Waals surface area contributed by atoms with Crippen LogP contribution in [0.4, 0.5) is 0 Å². The third-order valence-corrected chi connectivity index (χ3v) is 0.793. The Hall–Kier alpha value is 0.310. The van der Waals surface area contributed by atoms with Crippen LogP contribution in [0.25, 0.3) is 0 Å². The molecule has 1 nitrogen and oxygen atoms in total. The number of rotatable bonds is 1. The van der Waals surface area contributed by atoms with Crippen LogP contribution in [0, 0.1) is 0 Å². The van der Waals surface area contributed by atoms with Gasteiger partial charge in [0.15, 0.2) is 0 Å². The molecule has 0 heterocycles. The van der Waals surface area contributed by atoms with Crippen LogP contribution in [0.5, 0.6) is 0 Å². The van der Waals surface area contributed by atoms with Crippen LogP contribution in [0.1, 0.15) is 6.92 Å². The van der Waals surface area contributed by atoms with Gasteiger partial charge in [-0.15, -0.1) is 0 Å². The molecule has 0 rings (SSSR count). The second-order valence-corrected chi connectivity index (χ2v) is 1.40. The Balaban J connectivity index is 2.54. The highest BCUT2D eigenvalue weighted by molar-refractivity contribution is 7.80. The summed E-state index contributed by atoms with van der Waals surface area (Å²) in [5.41, 5.74) is 0. The predicted molar refractivity (Wildman–Crippen MR) is 25.5 cm³/mol. The molecule has 32 valence electrons. The van der Waals surface area contributed by atoms with E-state index in [2.05, 4.69) is 12.6 Å². The summed E-state index contributed by atoms with van der Waals surface area (Å²) in [5, 5.41) is 8.28. The lowest BCUT2D eigenvalue weighted by atomic mass is 10.5. The molecule has 0 radical (unpaired) electrons. The van der Waals surface area contributed by atoms with Gasteiger partial charge in [0, 0.05) is 5.75 Å². The summed E-state index contributed by atoms with van der Waals surface area (Å²) < 4.78 is 0. The summed E-state index contributed by atoms with van der Waals surface area (Å²) in [7, 11) is 0. The average Bonchev–Trinajstić information content (AvgIpc) is 1.38. The van der Waals surface area contributed by atoms with Crippen LogP contribution in [0.2, 0.25) is 0 Å². The fourth-order valence-electron chi connectivity index (χ4n) is 0. The van der Waals surface area contributed by atoms with Gasteiger partial charge < -0.3 is 5.11 Å². The summed E-state index contributed by atoms with van der Waals surface area (Å²) in [6.45, 7) is 1.70. The maximum absolute atomic E-state index is 8.28. The predicted octanol–water partition coefficient (Wildman–Crippen LogP) is 0.297. The number of hydrogen-bond acceptors (Lipinski definition) is 2. The molecule has 0 bridgehead atoms. The lowest BCUT2D eigenvalue weighted by molar-refractivity contribution is 0.221. The molecule has 0 saturated heterocycles. The highest BCUT2D eigenvalue weighted by Gasteiger charge is 1.82. The van der Waals surface area contributed by atoms with Crippen LogP contribution in [-0.2, 0) is 0 Å². The number of aliphatic hydroxyl groups excluding tert-OH is 1. The van der Waals surface area contributed by atoms with Crippen LogP contribution in [-0.4, -0.2) is 17.0 Å². The van der Waals surface area contributed by atoms with Gasteiger partial charge in [-0.2, -0.15) is 12.6 Å². The van der Waals surface area contributed by atoms with Gasteiger partial charge >= 0.3 is 0 Å². The van der Waals surface area contributed by atoms with Crippen LogP contribution < -0.4 is 0 Å². The van der Waals surface area contributed by atoms with Gasteiger partial charge in [-0.05, 0) is 6.92 Å². The number of aliphatic hydroxyl groups is 1. The summed E-state index contributed by atoms with van der Waals surface area (Å²) in [4.78, 5) is 0. The van der Waals surface area contributed by atoms with Crippen molar-refractivity contribution in [3.63, 3.8) is 0 Å². The van der Waals surface area contributed by atoms with Gasteiger partial charge in [-0.3, -0.25) is 0 Å². The van der Waals surface area contributed by atoms with Crippen molar-refractivity contribution in [1.29, 1.82) is 0 Å². The first-order valence-electron chi connectivity index (χ1n) is 1.56. The maximum atomic E-state index is 8.28. The first-order chi connectivity index (χ1) is 2.27. The zero-order chi connectivity index (χ0) is 4.28. The van der Waals surface area contributed by atoms with E-state index in [0.29, 0.717) is 5.75 Å². The molecule has 0 aliphatic rings. The van der Waals surface area contributed by atoms with Gasteiger partial charge in [0.2, 0.25) is 0 Å². The average molecular weight is 92.2 g/mol.